The second-order valence-electron chi connectivity index (χ2n) is 4.75. The quantitative estimate of drug-likeness (QED) is 0.500. The van der Waals surface area contributed by atoms with Gasteiger partial charge in [0.15, 0.2) is 12.4 Å². The number of rotatable bonds is 6. The molecule has 1 amide bonds. The highest BCUT2D eigenvalue weighted by molar-refractivity contribution is 5.99. The van der Waals surface area contributed by atoms with Gasteiger partial charge in [0.2, 0.25) is 0 Å². The van der Waals surface area contributed by atoms with Crippen LogP contribution in [0.3, 0.4) is 0 Å². The Hall–Kier alpha value is -3.29. The minimum atomic E-state index is -0.593. The maximum Gasteiger partial charge on any atom is 0.310 e. The molecule has 0 heterocycles. The number of para-hydroxylation sites is 2. The predicted molar refractivity (Wildman–Crippen MR) is 85.3 cm³/mol. The van der Waals surface area contributed by atoms with Gasteiger partial charge in [0, 0.05) is 6.07 Å². The van der Waals surface area contributed by atoms with Crippen molar-refractivity contribution in [2.24, 2.45) is 5.10 Å². The van der Waals surface area contributed by atoms with Crippen LogP contribution in [0.4, 0.5) is 10.1 Å². The van der Waals surface area contributed by atoms with Crippen LogP contribution in [0.25, 0.3) is 0 Å². The number of carbonyl (C=O) groups is 1. The molecular formula is C16H14FN3O4. The molecule has 0 radical (unpaired) electrons. The number of ether oxygens (including phenoxy) is 1. The van der Waals surface area contributed by atoms with Gasteiger partial charge in [-0.05, 0) is 30.7 Å². The Kier molecular flexibility index (Phi) is 5.56. The first-order chi connectivity index (χ1) is 11.5. The van der Waals surface area contributed by atoms with Crippen molar-refractivity contribution in [3.05, 3.63) is 70.0 Å². The van der Waals surface area contributed by atoms with E-state index in [1.165, 1.54) is 42.5 Å². The molecular weight excluding hydrogens is 317 g/mol. The Labute approximate surface area is 136 Å². The molecule has 2 aromatic rings. The van der Waals surface area contributed by atoms with Crippen LogP contribution >= 0.6 is 0 Å². The van der Waals surface area contributed by atoms with E-state index >= 15 is 0 Å². The standard InChI is InChI=1S/C16H14FN3O4/c1-11(12-6-8-13(17)9-7-12)18-19-16(21)10-24-15-5-3-2-4-14(15)20(22)23/h2-9H,10H2,1H3,(H,19,21)/b18-11+. The van der Waals surface area contributed by atoms with E-state index < -0.39 is 17.4 Å². The second-order valence-corrected chi connectivity index (χ2v) is 4.75. The molecule has 2 aromatic carbocycles. The molecule has 0 aliphatic rings. The average molecular weight is 331 g/mol. The van der Waals surface area contributed by atoms with Crippen LogP contribution in [0.15, 0.2) is 53.6 Å². The summed E-state index contributed by atoms with van der Waals surface area (Å²) >= 11 is 0. The summed E-state index contributed by atoms with van der Waals surface area (Å²) in [6.45, 7) is 1.22. The minimum absolute atomic E-state index is 0.00288. The van der Waals surface area contributed by atoms with Gasteiger partial charge >= 0.3 is 5.69 Å². The number of hydrogen-bond donors (Lipinski definition) is 1. The summed E-state index contributed by atoms with van der Waals surface area (Å²) in [4.78, 5) is 22.0. The topological polar surface area (TPSA) is 93.8 Å². The van der Waals surface area contributed by atoms with Crippen molar-refractivity contribution in [3.8, 4) is 5.75 Å². The molecule has 0 saturated heterocycles. The van der Waals surface area contributed by atoms with Crippen molar-refractivity contribution in [2.45, 2.75) is 6.92 Å². The van der Waals surface area contributed by atoms with Crippen molar-refractivity contribution < 1.29 is 18.8 Å². The molecule has 0 unspecified atom stereocenters. The van der Waals surface area contributed by atoms with Crippen LogP contribution in [0.1, 0.15) is 12.5 Å². The molecule has 8 heteroatoms. The molecule has 7 nitrogen and oxygen atoms in total. The zero-order valence-electron chi connectivity index (χ0n) is 12.7. The molecule has 24 heavy (non-hydrogen) atoms. The fourth-order valence-electron chi connectivity index (χ4n) is 1.81. The number of nitro benzene ring substituents is 1. The first kappa shape index (κ1) is 17.1. The zero-order chi connectivity index (χ0) is 17.5. The number of benzene rings is 2. The lowest BCUT2D eigenvalue weighted by Gasteiger charge is -2.06. The number of halogens is 1. The van der Waals surface area contributed by atoms with Crippen LogP contribution in [-0.2, 0) is 4.79 Å². The van der Waals surface area contributed by atoms with E-state index in [-0.39, 0.29) is 17.3 Å². The lowest BCUT2D eigenvalue weighted by Crippen LogP contribution is -2.25. The van der Waals surface area contributed by atoms with Gasteiger partial charge < -0.3 is 4.74 Å². The Morgan fingerprint density at radius 3 is 2.58 bits per heavy atom. The van der Waals surface area contributed by atoms with E-state index in [9.17, 15) is 19.3 Å². The van der Waals surface area contributed by atoms with Gasteiger partial charge in [-0.2, -0.15) is 5.10 Å². The molecule has 124 valence electrons. The number of carbonyl (C=O) groups excluding carboxylic acids is 1. The molecule has 2 rings (SSSR count). The number of hydrogen-bond acceptors (Lipinski definition) is 5. The van der Waals surface area contributed by atoms with Crippen LogP contribution in [0.5, 0.6) is 5.75 Å². The molecule has 0 aliphatic carbocycles. The van der Waals surface area contributed by atoms with E-state index in [0.29, 0.717) is 11.3 Å². The van der Waals surface area contributed by atoms with Gasteiger partial charge in [0.05, 0.1) is 10.6 Å². The maximum atomic E-state index is 12.8. The van der Waals surface area contributed by atoms with Crippen molar-refractivity contribution in [1.82, 2.24) is 5.43 Å². The predicted octanol–water partition coefficient (Wildman–Crippen LogP) is 2.65. The third-order valence-corrected chi connectivity index (χ3v) is 3.03. The molecule has 0 aromatic heterocycles. The van der Waals surface area contributed by atoms with Gasteiger partial charge in [-0.25, -0.2) is 9.82 Å². The summed E-state index contributed by atoms with van der Waals surface area (Å²) in [6, 6.07) is 11.4. The molecule has 0 spiro atoms. The van der Waals surface area contributed by atoms with E-state index in [1.807, 2.05) is 0 Å². The van der Waals surface area contributed by atoms with Crippen molar-refractivity contribution in [3.63, 3.8) is 0 Å². The Morgan fingerprint density at radius 2 is 1.92 bits per heavy atom. The summed E-state index contributed by atoms with van der Waals surface area (Å²) < 4.78 is 18.0. The maximum absolute atomic E-state index is 12.8. The lowest BCUT2D eigenvalue weighted by molar-refractivity contribution is -0.385. The lowest BCUT2D eigenvalue weighted by atomic mass is 10.1. The molecule has 0 saturated carbocycles. The van der Waals surface area contributed by atoms with E-state index in [0.717, 1.165) is 0 Å². The molecule has 0 atom stereocenters. The van der Waals surface area contributed by atoms with Gasteiger partial charge in [-0.15, -0.1) is 0 Å². The fourth-order valence-corrected chi connectivity index (χ4v) is 1.81. The van der Waals surface area contributed by atoms with E-state index in [1.54, 1.807) is 13.0 Å². The summed E-state index contributed by atoms with van der Waals surface area (Å²) in [7, 11) is 0. The number of nitrogens with one attached hydrogen (secondary N) is 1. The summed E-state index contributed by atoms with van der Waals surface area (Å²) in [6.07, 6.45) is 0. The summed E-state index contributed by atoms with van der Waals surface area (Å²) in [5.41, 5.74) is 3.18. The van der Waals surface area contributed by atoms with E-state index in [2.05, 4.69) is 10.5 Å². The minimum Gasteiger partial charge on any atom is -0.477 e. The van der Waals surface area contributed by atoms with Crippen LogP contribution in [0, 0.1) is 15.9 Å². The molecule has 0 fully saturated rings. The van der Waals surface area contributed by atoms with Crippen molar-refractivity contribution in [2.75, 3.05) is 6.61 Å². The monoisotopic (exact) mass is 331 g/mol. The molecule has 0 aliphatic heterocycles. The fraction of sp³-hybridized carbons (Fsp3) is 0.125. The van der Waals surface area contributed by atoms with Gasteiger partial charge in [0.25, 0.3) is 5.91 Å². The number of nitrogens with zero attached hydrogens (tertiary/aromatic N) is 2. The zero-order valence-corrected chi connectivity index (χ0v) is 12.7. The van der Waals surface area contributed by atoms with Crippen molar-refractivity contribution in [1.29, 1.82) is 0 Å². The smallest absolute Gasteiger partial charge is 0.310 e. The highest BCUT2D eigenvalue weighted by Crippen LogP contribution is 2.25. The average Bonchev–Trinajstić information content (AvgIpc) is 2.58. The van der Waals surface area contributed by atoms with Crippen LogP contribution < -0.4 is 10.2 Å². The van der Waals surface area contributed by atoms with Gasteiger partial charge in [0.1, 0.15) is 5.82 Å². The van der Waals surface area contributed by atoms with Gasteiger partial charge in [-0.1, -0.05) is 24.3 Å². The number of hydrazone groups is 1. The highest BCUT2D eigenvalue weighted by atomic mass is 19.1. The molecule has 0 bridgehead atoms. The third-order valence-electron chi connectivity index (χ3n) is 3.03. The molecule has 1 N–H and O–H groups in total. The Balaban J connectivity index is 1.93. The largest absolute Gasteiger partial charge is 0.477 e. The van der Waals surface area contributed by atoms with E-state index in [4.69, 9.17) is 4.74 Å². The Morgan fingerprint density at radius 1 is 1.25 bits per heavy atom. The highest BCUT2D eigenvalue weighted by Gasteiger charge is 2.14. The first-order valence-electron chi connectivity index (χ1n) is 6.92. The third kappa shape index (κ3) is 4.60. The van der Waals surface area contributed by atoms with Crippen LogP contribution in [0.2, 0.25) is 0 Å². The van der Waals surface area contributed by atoms with Crippen LogP contribution in [-0.4, -0.2) is 23.1 Å². The van der Waals surface area contributed by atoms with Crippen molar-refractivity contribution >= 4 is 17.3 Å². The number of nitro groups is 1. The SMILES string of the molecule is C/C(=N\NC(=O)COc1ccccc1[N+](=O)[O-])c1ccc(F)cc1. The Bertz CT molecular complexity index is 775. The second kappa shape index (κ2) is 7.82. The summed E-state index contributed by atoms with van der Waals surface area (Å²) in [5, 5.41) is 14.7. The first-order valence-corrected chi connectivity index (χ1v) is 6.92. The van der Waals surface area contributed by atoms with Gasteiger partial charge in [-0.3, -0.25) is 14.9 Å². The number of amides is 1. The summed E-state index contributed by atoms with van der Waals surface area (Å²) in [5.74, 6) is -0.945. The normalized spacial score (nSPS) is 11.0.